The summed E-state index contributed by atoms with van der Waals surface area (Å²) in [5.74, 6) is -0.374. The van der Waals surface area contributed by atoms with E-state index < -0.39 is 0 Å². The molecule has 0 saturated carbocycles. The van der Waals surface area contributed by atoms with Gasteiger partial charge in [-0.3, -0.25) is 4.79 Å². The molecule has 82 valence electrons. The van der Waals surface area contributed by atoms with E-state index in [1.807, 2.05) is 0 Å². The van der Waals surface area contributed by atoms with Crippen molar-refractivity contribution in [3.8, 4) is 0 Å². The van der Waals surface area contributed by atoms with Crippen molar-refractivity contribution in [2.75, 3.05) is 34.2 Å². The van der Waals surface area contributed by atoms with Gasteiger partial charge in [-0.15, -0.1) is 0 Å². The van der Waals surface area contributed by atoms with E-state index in [1.54, 1.807) is 0 Å². The van der Waals surface area contributed by atoms with Gasteiger partial charge in [0.1, 0.15) is 0 Å². The zero-order valence-corrected chi connectivity index (χ0v) is 9.33. The fourth-order valence-electron chi connectivity index (χ4n) is 0.925. The number of rotatable bonds is 5. The third-order valence-electron chi connectivity index (χ3n) is 1.76. The average molecular weight is 201 g/mol. The second-order valence-corrected chi connectivity index (χ2v) is 4.30. The number of carbonyl (C=O) groups excluding carboxylic acids is 1. The Morgan fingerprint density at radius 1 is 1.43 bits per heavy atom. The molecule has 1 N–H and O–H groups in total. The summed E-state index contributed by atoms with van der Waals surface area (Å²) < 4.78 is 0.866. The summed E-state index contributed by atoms with van der Waals surface area (Å²) in [5, 5.41) is 15.2. The van der Waals surface area contributed by atoms with Crippen LogP contribution in [0.4, 0.5) is 0 Å². The minimum atomic E-state index is -0.374. The Bertz CT molecular complexity index is 219. The van der Waals surface area contributed by atoms with Crippen LogP contribution in [0.1, 0.15) is 13.3 Å². The Kier molecular flexibility index (Phi) is 5.15. The van der Waals surface area contributed by atoms with E-state index in [2.05, 4.69) is 31.6 Å². The highest BCUT2D eigenvalue weighted by Gasteiger charge is 2.07. The SMILES string of the molecule is C/C(=N\[O-])C(=O)NCCC[N+](C)(C)C. The first-order valence-corrected chi connectivity index (χ1v) is 4.62. The van der Waals surface area contributed by atoms with Gasteiger partial charge in [0.15, 0.2) is 0 Å². The molecule has 0 aromatic rings. The highest BCUT2D eigenvalue weighted by atomic mass is 16.4. The molecule has 0 fully saturated rings. The van der Waals surface area contributed by atoms with Crippen LogP contribution in [0.25, 0.3) is 0 Å². The van der Waals surface area contributed by atoms with Gasteiger partial charge >= 0.3 is 0 Å². The molecule has 0 atom stereocenters. The van der Waals surface area contributed by atoms with Crippen LogP contribution in [0.5, 0.6) is 0 Å². The fraction of sp³-hybridized carbons (Fsp3) is 0.778. The number of amides is 1. The van der Waals surface area contributed by atoms with Crippen LogP contribution in [-0.2, 0) is 4.79 Å². The normalized spacial score (nSPS) is 12.7. The molecule has 5 heteroatoms. The third kappa shape index (κ3) is 6.42. The number of quaternary nitrogens is 1. The number of nitrogens with zero attached hydrogens (tertiary/aromatic N) is 2. The summed E-state index contributed by atoms with van der Waals surface area (Å²) in [6, 6.07) is 0. The van der Waals surface area contributed by atoms with E-state index in [1.165, 1.54) is 6.92 Å². The minimum Gasteiger partial charge on any atom is -0.792 e. The Morgan fingerprint density at radius 3 is 2.43 bits per heavy atom. The summed E-state index contributed by atoms with van der Waals surface area (Å²) in [7, 11) is 6.27. The van der Waals surface area contributed by atoms with Gasteiger partial charge in [-0.25, -0.2) is 0 Å². The standard InChI is InChI=1S/C9H19N3O2/c1-8(11-14)9(13)10-6-5-7-12(2,3)4/h5-7H2,1-4H3,(H-,10,13,14). The molecule has 0 aliphatic heterocycles. The first-order valence-electron chi connectivity index (χ1n) is 4.62. The van der Waals surface area contributed by atoms with E-state index >= 15 is 0 Å². The predicted molar refractivity (Wildman–Crippen MR) is 57.0 cm³/mol. The molecule has 14 heavy (non-hydrogen) atoms. The van der Waals surface area contributed by atoms with Crippen LogP contribution in [0.2, 0.25) is 0 Å². The molecule has 0 spiro atoms. The zero-order valence-electron chi connectivity index (χ0n) is 9.33. The van der Waals surface area contributed by atoms with Crippen molar-refractivity contribution in [2.24, 2.45) is 5.16 Å². The van der Waals surface area contributed by atoms with Crippen molar-refractivity contribution in [3.63, 3.8) is 0 Å². The highest BCUT2D eigenvalue weighted by molar-refractivity contribution is 6.37. The van der Waals surface area contributed by atoms with Gasteiger partial charge < -0.3 is 20.2 Å². The van der Waals surface area contributed by atoms with E-state index in [0.29, 0.717) is 6.54 Å². The van der Waals surface area contributed by atoms with Crippen LogP contribution in [0.15, 0.2) is 5.16 Å². The monoisotopic (exact) mass is 201 g/mol. The smallest absolute Gasteiger partial charge is 0.264 e. The van der Waals surface area contributed by atoms with Crippen molar-refractivity contribution in [1.82, 2.24) is 5.32 Å². The number of hydrogen-bond donors (Lipinski definition) is 1. The molecule has 0 unspecified atom stereocenters. The van der Waals surface area contributed by atoms with E-state index in [-0.39, 0.29) is 11.6 Å². The third-order valence-corrected chi connectivity index (χ3v) is 1.76. The van der Waals surface area contributed by atoms with Gasteiger partial charge in [0, 0.05) is 13.0 Å². The van der Waals surface area contributed by atoms with Crippen molar-refractivity contribution < 1.29 is 9.28 Å². The van der Waals surface area contributed by atoms with Gasteiger partial charge in [0.05, 0.1) is 33.4 Å². The van der Waals surface area contributed by atoms with Gasteiger partial charge in [-0.2, -0.15) is 0 Å². The number of nitrogens with one attached hydrogen (secondary N) is 1. The Balaban J connectivity index is 3.61. The molecule has 0 saturated heterocycles. The topological polar surface area (TPSA) is 64.5 Å². The minimum absolute atomic E-state index is 0.0183. The number of hydrogen-bond acceptors (Lipinski definition) is 3. The Labute approximate surface area is 85.0 Å². The van der Waals surface area contributed by atoms with E-state index in [0.717, 1.165) is 17.4 Å². The lowest BCUT2D eigenvalue weighted by atomic mass is 10.3. The van der Waals surface area contributed by atoms with Gasteiger partial charge in [0.25, 0.3) is 5.91 Å². The van der Waals surface area contributed by atoms with Crippen LogP contribution in [0, 0.1) is 5.21 Å². The molecule has 0 aliphatic carbocycles. The van der Waals surface area contributed by atoms with Crippen molar-refractivity contribution >= 4 is 11.6 Å². The van der Waals surface area contributed by atoms with Crippen LogP contribution >= 0.6 is 0 Å². The summed E-state index contributed by atoms with van der Waals surface area (Å²) in [4.78, 5) is 11.1. The molecule has 5 nitrogen and oxygen atoms in total. The lowest BCUT2D eigenvalue weighted by Gasteiger charge is -2.23. The van der Waals surface area contributed by atoms with Gasteiger partial charge in [-0.05, 0) is 6.92 Å². The second-order valence-electron chi connectivity index (χ2n) is 4.30. The molecule has 0 heterocycles. The number of carbonyl (C=O) groups is 1. The molecule has 0 bridgehead atoms. The van der Waals surface area contributed by atoms with Crippen molar-refractivity contribution in [2.45, 2.75) is 13.3 Å². The summed E-state index contributed by atoms with van der Waals surface area (Å²) in [5.41, 5.74) is -0.0183. The first-order chi connectivity index (χ1) is 6.37. The largest absolute Gasteiger partial charge is 0.792 e. The lowest BCUT2D eigenvalue weighted by molar-refractivity contribution is -0.870. The average Bonchev–Trinajstić information content (AvgIpc) is 2.09. The maximum atomic E-state index is 11.1. The summed E-state index contributed by atoms with van der Waals surface area (Å²) >= 11 is 0. The van der Waals surface area contributed by atoms with Crippen LogP contribution in [0.3, 0.4) is 0 Å². The second kappa shape index (κ2) is 5.59. The molecule has 0 aromatic heterocycles. The van der Waals surface area contributed by atoms with Gasteiger partial charge in [0.2, 0.25) is 0 Å². The molecule has 0 aromatic carbocycles. The Morgan fingerprint density at radius 2 is 2.00 bits per heavy atom. The maximum absolute atomic E-state index is 11.1. The van der Waals surface area contributed by atoms with Gasteiger partial charge in [-0.1, -0.05) is 0 Å². The summed E-state index contributed by atoms with van der Waals surface area (Å²) in [6.45, 7) is 2.97. The van der Waals surface area contributed by atoms with Crippen molar-refractivity contribution in [1.29, 1.82) is 0 Å². The molecule has 1 amide bonds. The summed E-state index contributed by atoms with van der Waals surface area (Å²) in [6.07, 6.45) is 0.890. The van der Waals surface area contributed by atoms with Crippen LogP contribution < -0.4 is 5.32 Å². The molecule has 0 rings (SSSR count). The predicted octanol–water partition coefficient (Wildman–Crippen LogP) is 0.158. The maximum Gasteiger partial charge on any atom is 0.264 e. The molecule has 0 radical (unpaired) electrons. The van der Waals surface area contributed by atoms with Crippen LogP contribution in [-0.4, -0.2) is 50.3 Å². The highest BCUT2D eigenvalue weighted by Crippen LogP contribution is 1.91. The first kappa shape index (κ1) is 12.9. The fourth-order valence-corrected chi connectivity index (χ4v) is 0.925. The Hall–Kier alpha value is -1.10. The lowest BCUT2D eigenvalue weighted by Crippen LogP contribution is -2.38. The van der Waals surface area contributed by atoms with E-state index in [4.69, 9.17) is 0 Å². The molecular formula is C9H19N3O2. The molecular weight excluding hydrogens is 182 g/mol. The quantitative estimate of drug-likeness (QED) is 0.298. The van der Waals surface area contributed by atoms with Crippen molar-refractivity contribution in [3.05, 3.63) is 5.21 Å². The zero-order chi connectivity index (χ0) is 11.2. The van der Waals surface area contributed by atoms with E-state index in [9.17, 15) is 10.0 Å². The molecule has 0 aliphatic rings.